The van der Waals surface area contributed by atoms with Crippen molar-refractivity contribution >= 4 is 9.84 Å². The third kappa shape index (κ3) is 3.31. The number of sulfone groups is 1. The number of hydrogen-bond acceptors (Lipinski definition) is 4. The van der Waals surface area contributed by atoms with Crippen LogP contribution in [0, 0.1) is 13.8 Å². The van der Waals surface area contributed by atoms with Crippen LogP contribution in [0.15, 0.2) is 76.7 Å². The van der Waals surface area contributed by atoms with Crippen molar-refractivity contribution in [1.29, 1.82) is 0 Å². The SMILES string of the molecule is Cc1ccc(S(=O)(=O)c2ccc(C)cc2Oc2ccccn2)cc1. The quantitative estimate of drug-likeness (QED) is 0.710. The van der Waals surface area contributed by atoms with Crippen molar-refractivity contribution < 1.29 is 13.2 Å². The van der Waals surface area contributed by atoms with Crippen molar-refractivity contribution in [2.24, 2.45) is 0 Å². The number of ether oxygens (including phenoxy) is 1. The minimum absolute atomic E-state index is 0.127. The number of rotatable bonds is 4. The molecule has 2 aromatic carbocycles. The summed E-state index contributed by atoms with van der Waals surface area (Å²) in [5.41, 5.74) is 1.91. The summed E-state index contributed by atoms with van der Waals surface area (Å²) in [6.07, 6.45) is 1.60. The Labute approximate surface area is 141 Å². The van der Waals surface area contributed by atoms with Crippen molar-refractivity contribution in [3.05, 3.63) is 78.0 Å². The van der Waals surface area contributed by atoms with Gasteiger partial charge in [-0.05, 0) is 49.7 Å². The molecular weight excluding hydrogens is 322 g/mol. The zero-order valence-corrected chi connectivity index (χ0v) is 14.2. The van der Waals surface area contributed by atoms with Crippen molar-refractivity contribution in [2.45, 2.75) is 23.6 Å². The molecule has 0 bridgehead atoms. The van der Waals surface area contributed by atoms with Gasteiger partial charge in [0.05, 0.1) is 4.90 Å². The van der Waals surface area contributed by atoms with Gasteiger partial charge in [-0.2, -0.15) is 0 Å². The normalized spacial score (nSPS) is 11.2. The van der Waals surface area contributed by atoms with E-state index in [9.17, 15) is 8.42 Å². The number of aryl methyl sites for hydroxylation is 2. The Morgan fingerprint density at radius 1 is 0.875 bits per heavy atom. The molecule has 5 heteroatoms. The van der Waals surface area contributed by atoms with Crippen LogP contribution in [0.4, 0.5) is 0 Å². The van der Waals surface area contributed by atoms with Crippen molar-refractivity contribution in [3.63, 3.8) is 0 Å². The Hall–Kier alpha value is -2.66. The molecule has 0 fully saturated rings. The van der Waals surface area contributed by atoms with Crippen LogP contribution in [-0.2, 0) is 9.84 Å². The first-order valence-corrected chi connectivity index (χ1v) is 8.96. The van der Waals surface area contributed by atoms with Crippen LogP contribution in [0.1, 0.15) is 11.1 Å². The third-order valence-electron chi connectivity index (χ3n) is 3.57. The molecule has 0 aliphatic carbocycles. The second kappa shape index (κ2) is 6.45. The molecule has 0 aliphatic rings. The molecule has 0 N–H and O–H groups in total. The average molecular weight is 339 g/mol. The van der Waals surface area contributed by atoms with Gasteiger partial charge in [-0.3, -0.25) is 0 Å². The molecule has 0 aliphatic heterocycles. The molecule has 4 nitrogen and oxygen atoms in total. The Morgan fingerprint density at radius 3 is 2.25 bits per heavy atom. The number of hydrogen-bond donors (Lipinski definition) is 0. The fraction of sp³-hybridized carbons (Fsp3) is 0.105. The van der Waals surface area contributed by atoms with Crippen molar-refractivity contribution in [2.75, 3.05) is 0 Å². The minimum Gasteiger partial charge on any atom is -0.438 e. The molecule has 122 valence electrons. The minimum atomic E-state index is -3.68. The molecule has 0 saturated carbocycles. The second-order valence-electron chi connectivity index (χ2n) is 5.54. The van der Waals surface area contributed by atoms with E-state index in [0.717, 1.165) is 11.1 Å². The molecule has 0 spiro atoms. The number of pyridine rings is 1. The van der Waals surface area contributed by atoms with Gasteiger partial charge in [0.25, 0.3) is 0 Å². The van der Waals surface area contributed by atoms with Gasteiger partial charge < -0.3 is 4.74 Å². The van der Waals surface area contributed by atoms with Crippen LogP contribution in [0.25, 0.3) is 0 Å². The van der Waals surface area contributed by atoms with E-state index in [-0.39, 0.29) is 15.5 Å². The lowest BCUT2D eigenvalue weighted by Crippen LogP contribution is -2.05. The average Bonchev–Trinajstić information content (AvgIpc) is 2.56. The fourth-order valence-corrected chi connectivity index (χ4v) is 3.64. The topological polar surface area (TPSA) is 56.3 Å². The van der Waals surface area contributed by atoms with Crippen molar-refractivity contribution in [1.82, 2.24) is 4.98 Å². The van der Waals surface area contributed by atoms with Gasteiger partial charge in [-0.25, -0.2) is 13.4 Å². The molecular formula is C19H17NO3S. The molecule has 3 aromatic rings. The lowest BCUT2D eigenvalue weighted by atomic mass is 10.2. The summed E-state index contributed by atoms with van der Waals surface area (Å²) in [6, 6.07) is 17.0. The Morgan fingerprint density at radius 2 is 1.58 bits per heavy atom. The molecule has 0 atom stereocenters. The highest BCUT2D eigenvalue weighted by Gasteiger charge is 2.23. The summed E-state index contributed by atoms with van der Waals surface area (Å²) in [7, 11) is -3.68. The highest BCUT2D eigenvalue weighted by Crippen LogP contribution is 2.33. The maximum atomic E-state index is 13.0. The molecule has 0 unspecified atom stereocenters. The van der Waals surface area contributed by atoms with Gasteiger partial charge in [0, 0.05) is 12.3 Å². The first-order chi connectivity index (χ1) is 11.5. The lowest BCUT2D eigenvalue weighted by Gasteiger charge is -2.12. The molecule has 0 saturated heterocycles. The third-order valence-corrected chi connectivity index (χ3v) is 5.38. The van der Waals surface area contributed by atoms with E-state index in [4.69, 9.17) is 4.74 Å². The standard InChI is InChI=1S/C19H17NO3S/c1-14-6-9-16(10-7-14)24(21,22)18-11-8-15(2)13-17(18)23-19-5-3-4-12-20-19/h3-13H,1-2H3. The van der Waals surface area contributed by atoms with Gasteiger partial charge in [-0.1, -0.05) is 29.8 Å². The maximum absolute atomic E-state index is 13.0. The summed E-state index contributed by atoms with van der Waals surface area (Å²) in [6.45, 7) is 3.80. The van der Waals surface area contributed by atoms with E-state index >= 15 is 0 Å². The van der Waals surface area contributed by atoms with E-state index in [1.165, 1.54) is 0 Å². The second-order valence-corrected chi connectivity index (χ2v) is 7.45. The zero-order chi connectivity index (χ0) is 17.2. The van der Waals surface area contributed by atoms with Crippen molar-refractivity contribution in [3.8, 4) is 11.6 Å². The monoisotopic (exact) mass is 339 g/mol. The zero-order valence-electron chi connectivity index (χ0n) is 13.4. The number of nitrogens with zero attached hydrogens (tertiary/aromatic N) is 1. The summed E-state index contributed by atoms with van der Waals surface area (Å²) >= 11 is 0. The Kier molecular flexibility index (Phi) is 4.36. The largest absolute Gasteiger partial charge is 0.438 e. The fourth-order valence-electron chi connectivity index (χ4n) is 2.28. The van der Waals surface area contributed by atoms with Gasteiger partial charge in [0.15, 0.2) is 0 Å². The number of benzene rings is 2. The molecule has 3 rings (SSSR count). The number of aromatic nitrogens is 1. The molecule has 0 radical (unpaired) electrons. The van der Waals surface area contributed by atoms with Crippen LogP contribution in [0.5, 0.6) is 11.6 Å². The maximum Gasteiger partial charge on any atom is 0.219 e. The predicted molar refractivity (Wildman–Crippen MR) is 92.1 cm³/mol. The van der Waals surface area contributed by atoms with Gasteiger partial charge in [0.2, 0.25) is 15.7 Å². The Balaban J connectivity index is 2.09. The summed E-state index contributed by atoms with van der Waals surface area (Å²) < 4.78 is 31.7. The van der Waals surface area contributed by atoms with Gasteiger partial charge in [-0.15, -0.1) is 0 Å². The van der Waals surface area contributed by atoms with E-state index in [1.54, 1.807) is 66.9 Å². The first-order valence-electron chi connectivity index (χ1n) is 7.48. The molecule has 1 aromatic heterocycles. The van der Waals surface area contributed by atoms with E-state index in [1.807, 2.05) is 13.8 Å². The van der Waals surface area contributed by atoms with E-state index in [2.05, 4.69) is 4.98 Å². The smallest absolute Gasteiger partial charge is 0.219 e. The Bertz CT molecular complexity index is 950. The highest BCUT2D eigenvalue weighted by molar-refractivity contribution is 7.91. The highest BCUT2D eigenvalue weighted by atomic mass is 32.2. The summed E-state index contributed by atoms with van der Waals surface area (Å²) in [5, 5.41) is 0. The summed E-state index contributed by atoms with van der Waals surface area (Å²) in [5.74, 6) is 0.623. The van der Waals surface area contributed by atoms with Crippen LogP contribution in [0.3, 0.4) is 0 Å². The molecule has 0 amide bonds. The van der Waals surface area contributed by atoms with Crippen LogP contribution >= 0.6 is 0 Å². The first kappa shape index (κ1) is 16.2. The van der Waals surface area contributed by atoms with Gasteiger partial charge in [0.1, 0.15) is 10.6 Å². The van der Waals surface area contributed by atoms with Crippen LogP contribution < -0.4 is 4.74 Å². The van der Waals surface area contributed by atoms with Crippen LogP contribution in [0.2, 0.25) is 0 Å². The predicted octanol–water partition coefficient (Wildman–Crippen LogP) is 4.32. The van der Waals surface area contributed by atoms with E-state index in [0.29, 0.717) is 5.88 Å². The van der Waals surface area contributed by atoms with Gasteiger partial charge >= 0.3 is 0 Å². The summed E-state index contributed by atoms with van der Waals surface area (Å²) in [4.78, 5) is 4.46. The molecule has 24 heavy (non-hydrogen) atoms. The van der Waals surface area contributed by atoms with Crippen LogP contribution in [-0.4, -0.2) is 13.4 Å². The lowest BCUT2D eigenvalue weighted by molar-refractivity contribution is 0.449. The van der Waals surface area contributed by atoms with E-state index < -0.39 is 9.84 Å². The molecule has 1 heterocycles.